The van der Waals surface area contributed by atoms with Gasteiger partial charge in [0, 0.05) is 10.4 Å². The molecule has 1 aliphatic rings. The Labute approximate surface area is 138 Å². The normalized spacial score (nSPS) is 21.5. The predicted octanol–water partition coefficient (Wildman–Crippen LogP) is 4.29. The first-order valence-corrected chi connectivity index (χ1v) is 8.37. The van der Waals surface area contributed by atoms with Crippen molar-refractivity contribution in [2.45, 2.75) is 31.6 Å². The molecular weight excluding hydrogens is 344 g/mol. The van der Waals surface area contributed by atoms with E-state index in [1.165, 1.54) is 7.11 Å². The number of methoxy groups -OCH3 is 1. The summed E-state index contributed by atoms with van der Waals surface area (Å²) in [6.07, 6.45) is 5.92. The van der Waals surface area contributed by atoms with Crippen molar-refractivity contribution in [2.75, 3.05) is 7.11 Å². The number of aromatic amines is 1. The maximum absolute atomic E-state index is 12.0. The quantitative estimate of drug-likeness (QED) is 0.828. The van der Waals surface area contributed by atoms with E-state index in [0.717, 1.165) is 47.2 Å². The number of ether oxygens (including phenoxy) is 1. The summed E-state index contributed by atoms with van der Waals surface area (Å²) in [5, 5.41) is 0. The van der Waals surface area contributed by atoms with Crippen LogP contribution in [0, 0.1) is 5.92 Å². The Morgan fingerprint density at radius 2 is 2.00 bits per heavy atom. The summed E-state index contributed by atoms with van der Waals surface area (Å²) in [6, 6.07) is 8.10. The van der Waals surface area contributed by atoms with Crippen molar-refractivity contribution >= 4 is 21.9 Å². The van der Waals surface area contributed by atoms with Gasteiger partial charge in [0.25, 0.3) is 0 Å². The molecule has 5 heteroatoms. The molecule has 0 aliphatic heterocycles. The molecule has 2 aromatic rings. The van der Waals surface area contributed by atoms with E-state index in [0.29, 0.717) is 0 Å². The molecule has 0 unspecified atom stereocenters. The van der Waals surface area contributed by atoms with Crippen molar-refractivity contribution < 1.29 is 9.53 Å². The van der Waals surface area contributed by atoms with E-state index in [1.54, 1.807) is 0 Å². The fourth-order valence-corrected chi connectivity index (χ4v) is 3.46. The zero-order valence-corrected chi connectivity index (χ0v) is 14.1. The minimum atomic E-state index is -0.119. The van der Waals surface area contributed by atoms with Gasteiger partial charge in [0.1, 0.15) is 5.82 Å². The standard InChI is InChI=1S/C17H19BrN2O2/c1-22-17(21)14-5-3-2-4-13(14)16-19-10-15(20-16)11-6-8-12(18)9-7-11/h6-10,13-14H,2-5H2,1H3,(H,19,20)/t13-,14+/m0/s1. The second kappa shape index (κ2) is 6.65. The zero-order valence-electron chi connectivity index (χ0n) is 12.5. The Morgan fingerprint density at radius 3 is 2.73 bits per heavy atom. The van der Waals surface area contributed by atoms with Crippen LogP contribution in [0.4, 0.5) is 0 Å². The maximum Gasteiger partial charge on any atom is 0.309 e. The van der Waals surface area contributed by atoms with Crippen LogP contribution in [0.1, 0.15) is 37.4 Å². The van der Waals surface area contributed by atoms with E-state index in [4.69, 9.17) is 4.74 Å². The number of esters is 1. The Bertz CT molecular complexity index is 651. The number of hydrogen-bond donors (Lipinski definition) is 1. The van der Waals surface area contributed by atoms with Crippen molar-refractivity contribution in [2.24, 2.45) is 5.92 Å². The van der Waals surface area contributed by atoms with Crippen LogP contribution in [0.2, 0.25) is 0 Å². The first-order valence-electron chi connectivity index (χ1n) is 7.57. The fourth-order valence-electron chi connectivity index (χ4n) is 3.19. The number of nitrogens with one attached hydrogen (secondary N) is 1. The van der Waals surface area contributed by atoms with Crippen molar-refractivity contribution in [3.63, 3.8) is 0 Å². The molecule has 22 heavy (non-hydrogen) atoms. The molecule has 1 saturated carbocycles. The molecule has 1 aromatic carbocycles. The van der Waals surface area contributed by atoms with Crippen molar-refractivity contribution in [3.8, 4) is 11.3 Å². The molecular formula is C17H19BrN2O2. The Balaban J connectivity index is 1.85. The van der Waals surface area contributed by atoms with Gasteiger partial charge in [-0.1, -0.05) is 40.9 Å². The van der Waals surface area contributed by atoms with Crippen LogP contribution >= 0.6 is 15.9 Å². The lowest BCUT2D eigenvalue weighted by Gasteiger charge is -2.27. The van der Waals surface area contributed by atoms with Gasteiger partial charge >= 0.3 is 5.97 Å². The summed E-state index contributed by atoms with van der Waals surface area (Å²) in [5.41, 5.74) is 2.07. The maximum atomic E-state index is 12.0. The van der Waals surface area contributed by atoms with Gasteiger partial charge in [-0.2, -0.15) is 0 Å². The second-order valence-electron chi connectivity index (χ2n) is 5.71. The Morgan fingerprint density at radius 1 is 1.27 bits per heavy atom. The third-order valence-electron chi connectivity index (χ3n) is 4.37. The minimum Gasteiger partial charge on any atom is -0.469 e. The number of hydrogen-bond acceptors (Lipinski definition) is 3. The molecule has 4 nitrogen and oxygen atoms in total. The van der Waals surface area contributed by atoms with E-state index in [-0.39, 0.29) is 17.8 Å². The van der Waals surface area contributed by atoms with Crippen LogP contribution in [0.25, 0.3) is 11.3 Å². The molecule has 0 spiro atoms. The van der Waals surface area contributed by atoms with Crippen LogP contribution in [0.15, 0.2) is 34.9 Å². The van der Waals surface area contributed by atoms with Gasteiger partial charge in [-0.15, -0.1) is 0 Å². The Hall–Kier alpha value is -1.62. The Kier molecular flexibility index (Phi) is 4.62. The molecule has 3 rings (SSSR count). The van der Waals surface area contributed by atoms with Gasteiger partial charge in [-0.3, -0.25) is 4.79 Å². The van der Waals surface area contributed by atoms with E-state index in [1.807, 2.05) is 30.5 Å². The molecule has 0 bridgehead atoms. The third kappa shape index (κ3) is 3.09. The summed E-state index contributed by atoms with van der Waals surface area (Å²) in [4.78, 5) is 19.9. The number of halogens is 1. The number of nitrogens with zero attached hydrogens (tertiary/aromatic N) is 1. The second-order valence-corrected chi connectivity index (χ2v) is 6.63. The van der Waals surface area contributed by atoms with Crippen LogP contribution < -0.4 is 0 Å². The number of rotatable bonds is 3. The van der Waals surface area contributed by atoms with E-state index in [9.17, 15) is 4.79 Å². The lowest BCUT2D eigenvalue weighted by atomic mass is 9.79. The number of benzene rings is 1. The lowest BCUT2D eigenvalue weighted by Crippen LogP contribution is -2.27. The SMILES string of the molecule is COC(=O)[C@@H]1CCCC[C@@H]1c1ncc(-c2ccc(Br)cc2)[nH]1. The monoisotopic (exact) mass is 362 g/mol. The first-order chi connectivity index (χ1) is 10.7. The number of carbonyl (C=O) groups excluding carboxylic acids is 1. The molecule has 0 radical (unpaired) electrons. The van der Waals surface area contributed by atoms with Gasteiger partial charge in [0.05, 0.1) is 24.9 Å². The highest BCUT2D eigenvalue weighted by Crippen LogP contribution is 2.37. The van der Waals surface area contributed by atoms with Gasteiger partial charge in [0.2, 0.25) is 0 Å². The molecule has 1 fully saturated rings. The third-order valence-corrected chi connectivity index (χ3v) is 4.90. The number of H-pyrrole nitrogens is 1. The summed E-state index contributed by atoms with van der Waals surface area (Å²) in [6.45, 7) is 0. The molecule has 2 atom stereocenters. The molecule has 1 aliphatic carbocycles. The summed E-state index contributed by atoms with van der Waals surface area (Å²) in [5.74, 6) is 0.826. The molecule has 0 saturated heterocycles. The van der Waals surface area contributed by atoms with E-state index in [2.05, 4.69) is 25.9 Å². The number of imidazole rings is 1. The molecule has 1 heterocycles. The largest absolute Gasteiger partial charge is 0.469 e. The van der Waals surface area contributed by atoms with Crippen LogP contribution in [-0.4, -0.2) is 23.0 Å². The molecule has 0 amide bonds. The fraction of sp³-hybridized carbons (Fsp3) is 0.412. The van der Waals surface area contributed by atoms with E-state index >= 15 is 0 Å². The average molecular weight is 363 g/mol. The van der Waals surface area contributed by atoms with Gasteiger partial charge in [-0.05, 0) is 30.5 Å². The van der Waals surface area contributed by atoms with Gasteiger partial charge in [-0.25, -0.2) is 4.98 Å². The minimum absolute atomic E-state index is 0.0809. The van der Waals surface area contributed by atoms with Crippen molar-refractivity contribution in [1.29, 1.82) is 0 Å². The molecule has 1 N–H and O–H groups in total. The molecule has 1 aromatic heterocycles. The van der Waals surface area contributed by atoms with E-state index < -0.39 is 0 Å². The van der Waals surface area contributed by atoms with Gasteiger partial charge in [0.15, 0.2) is 0 Å². The van der Waals surface area contributed by atoms with Crippen LogP contribution in [0.5, 0.6) is 0 Å². The average Bonchev–Trinajstić information content (AvgIpc) is 3.04. The topological polar surface area (TPSA) is 55.0 Å². The smallest absolute Gasteiger partial charge is 0.309 e. The van der Waals surface area contributed by atoms with Crippen molar-refractivity contribution in [3.05, 3.63) is 40.8 Å². The molecule has 116 valence electrons. The van der Waals surface area contributed by atoms with Crippen LogP contribution in [0.3, 0.4) is 0 Å². The first kappa shape index (κ1) is 15.3. The summed E-state index contributed by atoms with van der Waals surface area (Å²) < 4.78 is 6.01. The predicted molar refractivity (Wildman–Crippen MR) is 88.4 cm³/mol. The highest BCUT2D eigenvalue weighted by molar-refractivity contribution is 9.10. The highest BCUT2D eigenvalue weighted by Gasteiger charge is 2.34. The highest BCUT2D eigenvalue weighted by atomic mass is 79.9. The lowest BCUT2D eigenvalue weighted by molar-refractivity contribution is -0.147. The number of aromatic nitrogens is 2. The summed E-state index contributed by atoms with van der Waals surface area (Å²) in [7, 11) is 1.46. The van der Waals surface area contributed by atoms with Crippen molar-refractivity contribution in [1.82, 2.24) is 9.97 Å². The summed E-state index contributed by atoms with van der Waals surface area (Å²) >= 11 is 3.44. The zero-order chi connectivity index (χ0) is 15.5. The van der Waals surface area contributed by atoms with Crippen LogP contribution in [-0.2, 0) is 9.53 Å². The number of carbonyl (C=O) groups is 1. The van der Waals surface area contributed by atoms with Gasteiger partial charge < -0.3 is 9.72 Å².